The Balaban J connectivity index is 1.61. The fraction of sp³-hybridized carbons (Fsp3) is 0.471. The van der Waals surface area contributed by atoms with Crippen LogP contribution in [0.5, 0.6) is 0 Å². The monoisotopic (exact) mass is 395 g/mol. The van der Waals surface area contributed by atoms with Gasteiger partial charge < -0.3 is 15.0 Å². The van der Waals surface area contributed by atoms with Crippen LogP contribution >= 0.6 is 23.4 Å². The molecule has 0 saturated carbocycles. The van der Waals surface area contributed by atoms with Crippen molar-refractivity contribution in [1.82, 2.24) is 14.8 Å². The Morgan fingerprint density at radius 2 is 2.04 bits per heavy atom. The molecule has 0 unspecified atom stereocenters. The maximum absolute atomic E-state index is 12.3. The van der Waals surface area contributed by atoms with Crippen LogP contribution in [0.3, 0.4) is 0 Å². The molecule has 3 rings (SSSR count). The molecule has 1 aliphatic heterocycles. The number of aromatic nitrogens is 3. The fourth-order valence-corrected chi connectivity index (χ4v) is 3.93. The number of anilines is 2. The van der Waals surface area contributed by atoms with Gasteiger partial charge in [0.15, 0.2) is 5.16 Å². The highest BCUT2D eigenvalue weighted by atomic mass is 35.5. The topological polar surface area (TPSA) is 72.3 Å². The zero-order chi connectivity index (χ0) is 18.7. The van der Waals surface area contributed by atoms with E-state index in [0.717, 1.165) is 30.2 Å². The lowest BCUT2D eigenvalue weighted by atomic mass is 10.1. The summed E-state index contributed by atoms with van der Waals surface area (Å²) in [7, 11) is 1.91. The average molecular weight is 396 g/mol. The first-order valence-electron chi connectivity index (χ1n) is 8.37. The summed E-state index contributed by atoms with van der Waals surface area (Å²) in [5.41, 5.74) is 2.67. The van der Waals surface area contributed by atoms with Gasteiger partial charge in [0.05, 0.1) is 29.7 Å². The molecule has 1 aromatic heterocycles. The van der Waals surface area contributed by atoms with Crippen molar-refractivity contribution in [2.45, 2.75) is 19.0 Å². The van der Waals surface area contributed by atoms with Crippen molar-refractivity contribution in [1.29, 1.82) is 0 Å². The molecular weight excluding hydrogens is 374 g/mol. The number of thioether (sulfide) groups is 1. The molecule has 7 nitrogen and oxygen atoms in total. The summed E-state index contributed by atoms with van der Waals surface area (Å²) >= 11 is 7.60. The lowest BCUT2D eigenvalue weighted by molar-refractivity contribution is -0.113. The predicted molar refractivity (Wildman–Crippen MR) is 104 cm³/mol. The van der Waals surface area contributed by atoms with Crippen molar-refractivity contribution >= 4 is 40.9 Å². The number of ether oxygens (including phenoxy) is 1. The molecule has 1 aliphatic rings. The predicted octanol–water partition coefficient (Wildman–Crippen LogP) is 2.65. The first-order valence-corrected chi connectivity index (χ1v) is 9.73. The van der Waals surface area contributed by atoms with E-state index in [9.17, 15) is 4.79 Å². The van der Waals surface area contributed by atoms with Crippen molar-refractivity contribution in [3.63, 3.8) is 0 Å². The number of carbonyl (C=O) groups is 1. The number of aryl methyl sites for hydroxylation is 2. The number of rotatable bonds is 5. The van der Waals surface area contributed by atoms with Crippen LogP contribution in [0.25, 0.3) is 0 Å². The number of nitrogens with zero attached hydrogens (tertiary/aromatic N) is 4. The van der Waals surface area contributed by atoms with Crippen LogP contribution in [0.15, 0.2) is 17.3 Å². The van der Waals surface area contributed by atoms with Crippen LogP contribution in [-0.2, 0) is 16.6 Å². The molecule has 1 saturated heterocycles. The van der Waals surface area contributed by atoms with E-state index in [4.69, 9.17) is 16.3 Å². The summed E-state index contributed by atoms with van der Waals surface area (Å²) in [5.74, 6) is 0.909. The van der Waals surface area contributed by atoms with Gasteiger partial charge in [0.1, 0.15) is 0 Å². The van der Waals surface area contributed by atoms with Gasteiger partial charge in [-0.1, -0.05) is 29.4 Å². The quantitative estimate of drug-likeness (QED) is 0.784. The summed E-state index contributed by atoms with van der Waals surface area (Å²) in [6.07, 6.45) is 0. The fourth-order valence-electron chi connectivity index (χ4n) is 2.85. The first kappa shape index (κ1) is 19.0. The standard InChI is InChI=1S/C17H22ClN5O2S/c1-11-8-12(2)15(13(18)9-11)19-14(24)10-26-17-21-20-16(22(17)3)23-4-6-25-7-5-23/h8-9H,4-7,10H2,1-3H3,(H,19,24). The van der Waals surface area contributed by atoms with E-state index in [1.54, 1.807) is 0 Å². The molecule has 2 aromatic rings. The Labute approximate surface area is 162 Å². The third-order valence-corrected chi connectivity index (χ3v) is 5.45. The van der Waals surface area contributed by atoms with Crippen molar-refractivity contribution in [2.24, 2.45) is 7.05 Å². The summed E-state index contributed by atoms with van der Waals surface area (Å²) in [5, 5.41) is 12.6. The molecule has 1 aromatic carbocycles. The molecule has 0 atom stereocenters. The molecular formula is C17H22ClN5O2S. The van der Waals surface area contributed by atoms with Gasteiger partial charge >= 0.3 is 0 Å². The second-order valence-electron chi connectivity index (χ2n) is 6.22. The molecule has 2 heterocycles. The Morgan fingerprint density at radius 1 is 1.31 bits per heavy atom. The Kier molecular flexibility index (Phi) is 6.05. The SMILES string of the molecule is Cc1cc(C)c(NC(=O)CSc2nnc(N3CCOCC3)n2C)c(Cl)c1. The van der Waals surface area contributed by atoms with Crippen LogP contribution in [0.4, 0.5) is 11.6 Å². The number of amides is 1. The van der Waals surface area contributed by atoms with Crippen molar-refractivity contribution in [2.75, 3.05) is 42.3 Å². The number of hydrogen-bond acceptors (Lipinski definition) is 6. The maximum Gasteiger partial charge on any atom is 0.234 e. The minimum Gasteiger partial charge on any atom is -0.378 e. The minimum atomic E-state index is -0.125. The summed E-state index contributed by atoms with van der Waals surface area (Å²) in [6.45, 7) is 6.87. The van der Waals surface area contributed by atoms with Gasteiger partial charge in [-0.15, -0.1) is 10.2 Å². The van der Waals surface area contributed by atoms with Gasteiger partial charge in [-0.3, -0.25) is 9.36 Å². The van der Waals surface area contributed by atoms with E-state index >= 15 is 0 Å². The molecule has 1 amide bonds. The summed E-state index contributed by atoms with van der Waals surface area (Å²) in [6, 6.07) is 3.83. The Bertz CT molecular complexity index is 781. The third kappa shape index (κ3) is 4.31. The van der Waals surface area contributed by atoms with Crippen molar-refractivity contribution in [3.8, 4) is 0 Å². The van der Waals surface area contributed by atoms with E-state index < -0.39 is 0 Å². The highest BCUT2D eigenvalue weighted by molar-refractivity contribution is 7.99. The lowest BCUT2D eigenvalue weighted by Crippen LogP contribution is -2.37. The average Bonchev–Trinajstić information content (AvgIpc) is 2.98. The van der Waals surface area contributed by atoms with Crippen LogP contribution < -0.4 is 10.2 Å². The molecule has 1 N–H and O–H groups in total. The van der Waals surface area contributed by atoms with E-state index in [0.29, 0.717) is 29.1 Å². The van der Waals surface area contributed by atoms with Crippen molar-refractivity contribution in [3.05, 3.63) is 28.3 Å². The second kappa shape index (κ2) is 8.28. The molecule has 140 valence electrons. The largest absolute Gasteiger partial charge is 0.378 e. The van der Waals surface area contributed by atoms with Gasteiger partial charge in [-0.2, -0.15) is 0 Å². The van der Waals surface area contributed by atoms with Gasteiger partial charge in [-0.25, -0.2) is 0 Å². The van der Waals surface area contributed by atoms with Crippen molar-refractivity contribution < 1.29 is 9.53 Å². The normalized spacial score (nSPS) is 14.5. The number of carbonyl (C=O) groups excluding carboxylic acids is 1. The maximum atomic E-state index is 12.3. The zero-order valence-corrected chi connectivity index (χ0v) is 16.7. The third-order valence-electron chi connectivity index (χ3n) is 4.13. The number of morpholine rings is 1. The van der Waals surface area contributed by atoms with Gasteiger partial charge in [0.25, 0.3) is 0 Å². The number of halogens is 1. The van der Waals surface area contributed by atoms with E-state index in [2.05, 4.69) is 20.4 Å². The smallest absolute Gasteiger partial charge is 0.234 e. The summed E-state index contributed by atoms with van der Waals surface area (Å²) < 4.78 is 7.27. The van der Waals surface area contributed by atoms with E-state index in [1.165, 1.54) is 11.8 Å². The highest BCUT2D eigenvalue weighted by Gasteiger charge is 2.19. The van der Waals surface area contributed by atoms with Crippen LogP contribution in [0.2, 0.25) is 5.02 Å². The lowest BCUT2D eigenvalue weighted by Gasteiger charge is -2.27. The summed E-state index contributed by atoms with van der Waals surface area (Å²) in [4.78, 5) is 14.5. The number of nitrogens with one attached hydrogen (secondary N) is 1. The van der Waals surface area contributed by atoms with Crippen LogP contribution in [-0.4, -0.2) is 52.7 Å². The molecule has 0 bridgehead atoms. The molecule has 0 aliphatic carbocycles. The molecule has 9 heteroatoms. The zero-order valence-electron chi connectivity index (χ0n) is 15.1. The molecule has 0 spiro atoms. The minimum absolute atomic E-state index is 0.125. The second-order valence-corrected chi connectivity index (χ2v) is 7.57. The van der Waals surface area contributed by atoms with Gasteiger partial charge in [0.2, 0.25) is 11.9 Å². The van der Waals surface area contributed by atoms with Gasteiger partial charge in [-0.05, 0) is 31.0 Å². The van der Waals surface area contributed by atoms with Gasteiger partial charge in [0, 0.05) is 20.1 Å². The van der Waals surface area contributed by atoms with E-state index in [1.807, 2.05) is 37.6 Å². The van der Waals surface area contributed by atoms with Crippen LogP contribution in [0, 0.1) is 13.8 Å². The first-order chi connectivity index (χ1) is 12.5. The number of hydrogen-bond donors (Lipinski definition) is 1. The number of benzene rings is 1. The Morgan fingerprint density at radius 3 is 2.73 bits per heavy atom. The Hall–Kier alpha value is -1.77. The van der Waals surface area contributed by atoms with Crippen LogP contribution in [0.1, 0.15) is 11.1 Å². The highest BCUT2D eigenvalue weighted by Crippen LogP contribution is 2.28. The molecule has 26 heavy (non-hydrogen) atoms. The van der Waals surface area contributed by atoms with E-state index in [-0.39, 0.29) is 11.7 Å². The molecule has 0 radical (unpaired) electrons. The molecule has 1 fully saturated rings.